The molecule has 2 amide bonds. The highest BCUT2D eigenvalue weighted by Crippen LogP contribution is 2.17. The third kappa shape index (κ3) is 2.99. The summed E-state index contributed by atoms with van der Waals surface area (Å²) in [5, 5.41) is 2.67. The van der Waals surface area contributed by atoms with Crippen LogP contribution in [0, 0.1) is 5.92 Å². The van der Waals surface area contributed by atoms with Crippen molar-refractivity contribution >= 4 is 34.4 Å². The highest BCUT2D eigenvalue weighted by atomic mass is 127. The Kier molecular flexibility index (Phi) is 4.54. The minimum Gasteiger partial charge on any atom is -0.350 e. The average molecular weight is 360 g/mol. The molecule has 1 aromatic rings. The number of carbonyl (C=O) groups is 2. The Morgan fingerprint density at radius 1 is 1.39 bits per heavy atom. The normalized spacial score (nSPS) is 21.9. The molecule has 0 spiro atoms. The first-order chi connectivity index (χ1) is 8.72. The number of alkyl halides is 1. The lowest BCUT2D eigenvalue weighted by Crippen LogP contribution is -2.64. The minimum absolute atomic E-state index is 0.0848. The molecule has 0 aromatic heterocycles. The van der Waals surface area contributed by atoms with Crippen molar-refractivity contribution in [3.05, 3.63) is 35.9 Å². The lowest BCUT2D eigenvalue weighted by molar-refractivity contribution is -0.151. The zero-order valence-corrected chi connectivity index (χ0v) is 11.7. The Morgan fingerprint density at radius 2 is 2.11 bits per heavy atom. The van der Waals surface area contributed by atoms with Crippen molar-refractivity contribution < 1.29 is 14.4 Å². The van der Waals surface area contributed by atoms with Crippen molar-refractivity contribution in [3.63, 3.8) is 0 Å². The van der Waals surface area contributed by atoms with Crippen LogP contribution in [0.4, 0.5) is 0 Å². The van der Waals surface area contributed by atoms with Crippen molar-refractivity contribution in [2.75, 3.05) is 4.43 Å². The Morgan fingerprint density at radius 3 is 2.72 bits per heavy atom. The maximum Gasteiger partial charge on any atom is 0.258 e. The van der Waals surface area contributed by atoms with Gasteiger partial charge in [-0.05, 0) is 5.56 Å². The zero-order valence-electron chi connectivity index (χ0n) is 9.56. The Hall–Kier alpha value is -1.15. The van der Waals surface area contributed by atoms with Gasteiger partial charge in [-0.15, -0.1) is 0 Å². The fourth-order valence-corrected chi connectivity index (χ4v) is 2.43. The van der Waals surface area contributed by atoms with Gasteiger partial charge in [0.1, 0.15) is 5.92 Å². The van der Waals surface area contributed by atoms with Gasteiger partial charge >= 0.3 is 0 Å². The third-order valence-electron chi connectivity index (χ3n) is 2.72. The lowest BCUT2D eigenvalue weighted by Gasteiger charge is -2.33. The summed E-state index contributed by atoms with van der Waals surface area (Å²) < 4.78 is 0.709. The van der Waals surface area contributed by atoms with Crippen LogP contribution < -0.4 is 10.8 Å². The summed E-state index contributed by atoms with van der Waals surface area (Å²) in [5.74, 6) is -1.24. The molecular weight excluding hydrogens is 347 g/mol. The van der Waals surface area contributed by atoms with Gasteiger partial charge in [0.25, 0.3) is 5.91 Å². The van der Waals surface area contributed by atoms with Gasteiger partial charge < -0.3 is 5.32 Å². The van der Waals surface area contributed by atoms with E-state index in [1.807, 2.05) is 30.3 Å². The van der Waals surface area contributed by atoms with Crippen molar-refractivity contribution in [1.29, 1.82) is 0 Å². The van der Waals surface area contributed by atoms with Crippen LogP contribution in [0.25, 0.3) is 0 Å². The first-order valence-corrected chi connectivity index (χ1v) is 7.07. The zero-order chi connectivity index (χ0) is 13.0. The molecule has 0 radical (unpaired) electrons. The van der Waals surface area contributed by atoms with Gasteiger partial charge in [-0.1, -0.05) is 52.9 Å². The number of carbonyl (C=O) groups excluding carboxylic acids is 2. The van der Waals surface area contributed by atoms with E-state index in [9.17, 15) is 9.59 Å². The molecular formula is C12H13IN2O3. The van der Waals surface area contributed by atoms with Gasteiger partial charge in [0.15, 0.2) is 0 Å². The molecule has 1 fully saturated rings. The van der Waals surface area contributed by atoms with Gasteiger partial charge in [-0.25, -0.2) is 5.48 Å². The molecule has 0 bridgehead atoms. The monoisotopic (exact) mass is 360 g/mol. The molecule has 1 heterocycles. The number of nitrogens with one attached hydrogen (secondary N) is 2. The molecule has 96 valence electrons. The van der Waals surface area contributed by atoms with Crippen molar-refractivity contribution in [2.45, 2.75) is 12.6 Å². The molecule has 1 aliphatic heterocycles. The van der Waals surface area contributed by atoms with E-state index in [0.29, 0.717) is 4.43 Å². The Labute approximate surface area is 118 Å². The number of hydrogen-bond acceptors (Lipinski definition) is 3. The van der Waals surface area contributed by atoms with E-state index in [2.05, 4.69) is 33.4 Å². The summed E-state index contributed by atoms with van der Waals surface area (Å²) in [6.07, 6.45) is 0. The summed E-state index contributed by atoms with van der Waals surface area (Å²) in [6.45, 7) is 0.288. The highest BCUT2D eigenvalue weighted by Gasteiger charge is 2.44. The van der Waals surface area contributed by atoms with E-state index >= 15 is 0 Å². The van der Waals surface area contributed by atoms with Gasteiger partial charge in [-0.3, -0.25) is 14.4 Å². The van der Waals surface area contributed by atoms with Crippen LogP contribution in [0.1, 0.15) is 5.56 Å². The average Bonchev–Trinajstić information content (AvgIpc) is 2.37. The van der Waals surface area contributed by atoms with Crippen molar-refractivity contribution in [1.82, 2.24) is 10.8 Å². The molecule has 5 nitrogen and oxygen atoms in total. The second-order valence-corrected chi connectivity index (χ2v) is 4.87. The fraction of sp³-hybridized carbons (Fsp3) is 0.333. The summed E-state index contributed by atoms with van der Waals surface area (Å²) in [7, 11) is 0. The quantitative estimate of drug-likeness (QED) is 0.268. The molecule has 0 aliphatic carbocycles. The molecule has 0 saturated carbocycles. The van der Waals surface area contributed by atoms with Crippen LogP contribution in [-0.4, -0.2) is 22.3 Å². The number of β-lactam (4-membered cyclic amide) rings is 1. The standard InChI is InChI=1S/C12H13IN2O3/c13-6-9-10(11(16)14-9)12(17)15-18-7-8-4-2-1-3-5-8/h1-5,9-10H,6-7H2,(H,14,16)(H,15,17). The van der Waals surface area contributed by atoms with Gasteiger partial charge in [0.2, 0.25) is 5.91 Å². The number of benzene rings is 1. The first-order valence-electron chi connectivity index (χ1n) is 5.54. The molecule has 1 saturated heterocycles. The lowest BCUT2D eigenvalue weighted by atomic mass is 9.91. The van der Waals surface area contributed by atoms with E-state index in [4.69, 9.17) is 4.84 Å². The van der Waals surface area contributed by atoms with Crippen LogP contribution >= 0.6 is 22.6 Å². The van der Waals surface area contributed by atoms with Crippen molar-refractivity contribution in [2.24, 2.45) is 5.92 Å². The highest BCUT2D eigenvalue weighted by molar-refractivity contribution is 14.1. The summed E-state index contributed by atoms with van der Waals surface area (Å²) >= 11 is 2.13. The van der Waals surface area contributed by atoms with E-state index in [0.717, 1.165) is 5.56 Å². The number of halogens is 1. The van der Waals surface area contributed by atoms with Gasteiger partial charge in [-0.2, -0.15) is 0 Å². The Bertz CT molecular complexity index is 438. The van der Waals surface area contributed by atoms with Crippen molar-refractivity contribution in [3.8, 4) is 0 Å². The summed E-state index contributed by atoms with van der Waals surface area (Å²) in [4.78, 5) is 28.0. The van der Waals surface area contributed by atoms with Crippen LogP contribution in [-0.2, 0) is 21.0 Å². The fourth-order valence-electron chi connectivity index (χ4n) is 1.70. The van der Waals surface area contributed by atoms with E-state index in [-0.39, 0.29) is 24.5 Å². The minimum atomic E-state index is -0.627. The maximum atomic E-state index is 11.7. The summed E-state index contributed by atoms with van der Waals surface area (Å²) in [5.41, 5.74) is 3.28. The number of rotatable bonds is 5. The molecule has 18 heavy (non-hydrogen) atoms. The molecule has 2 unspecified atom stereocenters. The Balaban J connectivity index is 1.77. The third-order valence-corrected chi connectivity index (χ3v) is 3.66. The predicted molar refractivity (Wildman–Crippen MR) is 73.7 cm³/mol. The predicted octanol–water partition coefficient (Wildman–Crippen LogP) is 0.784. The van der Waals surface area contributed by atoms with Crippen LogP contribution in [0.2, 0.25) is 0 Å². The summed E-state index contributed by atoms with van der Waals surface area (Å²) in [6, 6.07) is 9.41. The van der Waals surface area contributed by atoms with Gasteiger partial charge in [0, 0.05) is 4.43 Å². The smallest absolute Gasteiger partial charge is 0.258 e. The maximum absolute atomic E-state index is 11.7. The molecule has 2 rings (SSSR count). The van der Waals surface area contributed by atoms with Crippen LogP contribution in [0.3, 0.4) is 0 Å². The largest absolute Gasteiger partial charge is 0.350 e. The molecule has 2 atom stereocenters. The number of hydroxylamine groups is 1. The van der Waals surface area contributed by atoms with Gasteiger partial charge in [0.05, 0.1) is 12.6 Å². The molecule has 6 heteroatoms. The van der Waals surface area contributed by atoms with Crippen LogP contribution in [0.15, 0.2) is 30.3 Å². The SMILES string of the molecule is O=C(NOCc1ccccc1)C1C(=O)NC1CI. The molecule has 1 aliphatic rings. The molecule has 2 N–H and O–H groups in total. The van der Waals surface area contributed by atoms with E-state index in [1.165, 1.54) is 0 Å². The topological polar surface area (TPSA) is 67.4 Å². The molecule has 1 aromatic carbocycles. The second kappa shape index (κ2) is 6.14. The van der Waals surface area contributed by atoms with Crippen LogP contribution in [0.5, 0.6) is 0 Å². The van der Waals surface area contributed by atoms with E-state index < -0.39 is 5.92 Å². The number of amides is 2. The first kappa shape index (κ1) is 13.3. The second-order valence-electron chi connectivity index (χ2n) is 3.99. The number of hydrogen-bond donors (Lipinski definition) is 2. The van der Waals surface area contributed by atoms with E-state index in [1.54, 1.807) is 0 Å².